The summed E-state index contributed by atoms with van der Waals surface area (Å²) in [7, 11) is 2.76. The van der Waals surface area contributed by atoms with E-state index in [9.17, 15) is 27.6 Å². The van der Waals surface area contributed by atoms with Gasteiger partial charge in [-0.15, -0.1) is 11.3 Å². The summed E-state index contributed by atoms with van der Waals surface area (Å²) in [4.78, 5) is 43.3. The first kappa shape index (κ1) is 24.7. The molecule has 0 saturated heterocycles. The maximum Gasteiger partial charge on any atom is 0.422 e. The number of aryl methyl sites for hydroxylation is 1. The Labute approximate surface area is 207 Å². The minimum absolute atomic E-state index is 0.00880. The Morgan fingerprint density at radius 2 is 1.97 bits per heavy atom. The number of anilines is 2. The van der Waals surface area contributed by atoms with Gasteiger partial charge in [0.2, 0.25) is 11.6 Å². The topological polar surface area (TPSA) is 99.6 Å². The number of hydrogen-bond donors (Lipinski definition) is 0. The van der Waals surface area contributed by atoms with Crippen LogP contribution in [0.5, 0.6) is 5.75 Å². The molecule has 9 nitrogen and oxygen atoms in total. The molecule has 184 valence electrons. The maximum atomic E-state index is 12.8. The lowest BCUT2D eigenvalue weighted by Gasteiger charge is -2.16. The number of carbonyl (C=O) groups is 1. The van der Waals surface area contributed by atoms with Gasteiger partial charge in [-0.2, -0.15) is 13.2 Å². The van der Waals surface area contributed by atoms with Crippen LogP contribution >= 0.6 is 27.3 Å². The normalized spacial score (nSPS) is 11.7. The Hall–Kier alpha value is -3.39. The van der Waals surface area contributed by atoms with Crippen molar-refractivity contribution >= 4 is 55.1 Å². The SMILES string of the molecule is CC(=O)N(c1nc(-c2ccc(OCC(F)(F)F)c(Br)c2)cs1)c1coc2c1c(=O)n(C)c(=O)n2C. The Morgan fingerprint density at radius 3 is 2.60 bits per heavy atom. The van der Waals surface area contributed by atoms with Gasteiger partial charge in [-0.05, 0) is 34.1 Å². The standard InChI is InChI=1S/C21H16BrF3N4O5S/c1-10(30)29(14-7-33-18-16(14)17(31)27(2)20(32)28(18)3)19-26-13(8-35-19)11-4-5-15(12(22)6-11)34-9-21(23,24)25/h4-8H,9H2,1-3H3. The van der Waals surface area contributed by atoms with Gasteiger partial charge in [-0.1, -0.05) is 0 Å². The van der Waals surface area contributed by atoms with Crippen LogP contribution in [0.1, 0.15) is 6.92 Å². The van der Waals surface area contributed by atoms with Crippen LogP contribution in [0.15, 0.2) is 48.3 Å². The van der Waals surface area contributed by atoms with Crippen molar-refractivity contribution in [3.05, 3.63) is 55.2 Å². The van der Waals surface area contributed by atoms with E-state index in [2.05, 4.69) is 20.9 Å². The van der Waals surface area contributed by atoms with Crippen LogP contribution in [0.3, 0.4) is 0 Å². The molecule has 0 unspecified atom stereocenters. The molecule has 0 atom stereocenters. The van der Waals surface area contributed by atoms with Crippen LogP contribution < -0.4 is 20.9 Å². The summed E-state index contributed by atoms with van der Waals surface area (Å²) in [6, 6.07) is 4.45. The average Bonchev–Trinajstić information content (AvgIpc) is 3.43. The molecule has 0 saturated carbocycles. The number of thiazole rings is 1. The van der Waals surface area contributed by atoms with Crippen molar-refractivity contribution in [2.45, 2.75) is 13.1 Å². The number of halogens is 4. The van der Waals surface area contributed by atoms with Crippen LogP contribution in [-0.4, -0.2) is 32.8 Å². The Morgan fingerprint density at radius 1 is 1.26 bits per heavy atom. The summed E-state index contributed by atoms with van der Waals surface area (Å²) in [5.74, 6) is -0.445. The number of hydrogen-bond acceptors (Lipinski definition) is 7. The molecule has 0 aliphatic rings. The number of fused-ring (bicyclic) bond motifs is 1. The first-order valence-electron chi connectivity index (χ1n) is 9.82. The molecule has 0 aliphatic heterocycles. The molecule has 1 amide bonds. The second kappa shape index (κ2) is 9.00. The fourth-order valence-corrected chi connectivity index (χ4v) is 4.74. The molecule has 0 spiro atoms. The second-order valence-electron chi connectivity index (χ2n) is 7.43. The molecule has 3 heterocycles. The molecule has 35 heavy (non-hydrogen) atoms. The number of carbonyl (C=O) groups excluding carboxylic acids is 1. The van der Waals surface area contributed by atoms with Gasteiger partial charge in [0.05, 0.1) is 10.2 Å². The molecule has 0 aliphatic carbocycles. The third kappa shape index (κ3) is 4.62. The summed E-state index contributed by atoms with van der Waals surface area (Å²) >= 11 is 4.31. The lowest BCUT2D eigenvalue weighted by molar-refractivity contribution is -0.153. The lowest BCUT2D eigenvalue weighted by atomic mass is 10.2. The average molecular weight is 573 g/mol. The largest absolute Gasteiger partial charge is 0.483 e. The lowest BCUT2D eigenvalue weighted by Crippen LogP contribution is -2.37. The highest BCUT2D eigenvalue weighted by atomic mass is 79.9. The fourth-order valence-electron chi connectivity index (χ4n) is 3.36. The van der Waals surface area contributed by atoms with E-state index in [1.807, 2.05) is 0 Å². The van der Waals surface area contributed by atoms with E-state index in [1.54, 1.807) is 11.4 Å². The number of aromatic nitrogens is 3. The molecule has 0 radical (unpaired) electrons. The van der Waals surface area contributed by atoms with E-state index < -0.39 is 29.9 Å². The van der Waals surface area contributed by atoms with Gasteiger partial charge in [-0.25, -0.2) is 9.78 Å². The Bertz CT molecular complexity index is 1570. The van der Waals surface area contributed by atoms with Gasteiger partial charge in [0.15, 0.2) is 11.7 Å². The molecule has 14 heteroatoms. The molecule has 0 N–H and O–H groups in total. The maximum absolute atomic E-state index is 12.8. The molecule has 1 aromatic carbocycles. The summed E-state index contributed by atoms with van der Waals surface area (Å²) in [6.07, 6.45) is -3.26. The molecule has 3 aromatic heterocycles. The number of rotatable bonds is 5. The number of amides is 1. The van der Waals surface area contributed by atoms with Crippen LogP contribution in [0.2, 0.25) is 0 Å². The van der Waals surface area contributed by atoms with E-state index >= 15 is 0 Å². The molecule has 4 aromatic rings. The monoisotopic (exact) mass is 572 g/mol. The highest BCUT2D eigenvalue weighted by Gasteiger charge is 2.29. The number of alkyl halides is 3. The quantitative estimate of drug-likeness (QED) is 0.352. The number of furan rings is 1. The molecule has 0 fully saturated rings. The first-order chi connectivity index (χ1) is 16.4. The van der Waals surface area contributed by atoms with E-state index in [4.69, 9.17) is 9.15 Å². The van der Waals surface area contributed by atoms with Crippen molar-refractivity contribution < 1.29 is 27.1 Å². The zero-order valence-electron chi connectivity index (χ0n) is 18.3. The Kier molecular flexibility index (Phi) is 6.36. The smallest absolute Gasteiger partial charge is 0.422 e. The van der Waals surface area contributed by atoms with Gasteiger partial charge < -0.3 is 9.15 Å². The van der Waals surface area contributed by atoms with E-state index in [1.165, 1.54) is 44.3 Å². The van der Waals surface area contributed by atoms with Gasteiger partial charge in [0.25, 0.3) is 5.56 Å². The van der Waals surface area contributed by atoms with Crippen LogP contribution in [0.4, 0.5) is 24.0 Å². The highest BCUT2D eigenvalue weighted by molar-refractivity contribution is 9.10. The summed E-state index contributed by atoms with van der Waals surface area (Å²) in [5.41, 5.74) is -0.0861. The van der Waals surface area contributed by atoms with Gasteiger partial charge in [-0.3, -0.25) is 23.6 Å². The number of benzene rings is 1. The number of ether oxygens (including phenoxy) is 1. The summed E-state index contributed by atoms with van der Waals surface area (Å²) in [5, 5.41) is 1.91. The van der Waals surface area contributed by atoms with Crippen molar-refractivity contribution in [1.82, 2.24) is 14.1 Å². The van der Waals surface area contributed by atoms with E-state index in [0.717, 1.165) is 20.5 Å². The molecular weight excluding hydrogens is 557 g/mol. The van der Waals surface area contributed by atoms with Gasteiger partial charge >= 0.3 is 11.9 Å². The van der Waals surface area contributed by atoms with Crippen molar-refractivity contribution in [2.75, 3.05) is 11.5 Å². The summed E-state index contributed by atoms with van der Waals surface area (Å²) in [6.45, 7) is -0.140. The minimum Gasteiger partial charge on any atom is -0.483 e. The van der Waals surface area contributed by atoms with Crippen molar-refractivity contribution in [1.29, 1.82) is 0 Å². The van der Waals surface area contributed by atoms with Crippen molar-refractivity contribution in [2.24, 2.45) is 14.1 Å². The fraction of sp³-hybridized carbons (Fsp3) is 0.238. The van der Waals surface area contributed by atoms with Crippen molar-refractivity contribution in [3.63, 3.8) is 0 Å². The van der Waals surface area contributed by atoms with Crippen molar-refractivity contribution in [3.8, 4) is 17.0 Å². The zero-order valence-corrected chi connectivity index (χ0v) is 20.7. The van der Waals surface area contributed by atoms with Crippen LogP contribution in [0, 0.1) is 0 Å². The first-order valence-corrected chi connectivity index (χ1v) is 11.5. The predicted molar refractivity (Wildman–Crippen MR) is 126 cm³/mol. The minimum atomic E-state index is -4.47. The second-order valence-corrected chi connectivity index (χ2v) is 9.12. The van der Waals surface area contributed by atoms with Gasteiger partial charge in [0.1, 0.15) is 23.1 Å². The number of nitrogens with zero attached hydrogens (tertiary/aromatic N) is 4. The van der Waals surface area contributed by atoms with E-state index in [-0.39, 0.29) is 27.7 Å². The van der Waals surface area contributed by atoms with Gasteiger partial charge in [0, 0.05) is 32.0 Å². The summed E-state index contributed by atoms with van der Waals surface area (Å²) < 4.78 is 49.9. The molecular formula is C21H16BrF3N4O5S. The highest BCUT2D eigenvalue weighted by Crippen LogP contribution is 2.37. The van der Waals surface area contributed by atoms with Crippen LogP contribution in [0.25, 0.3) is 22.4 Å². The zero-order chi connectivity index (χ0) is 25.7. The third-order valence-electron chi connectivity index (χ3n) is 5.01. The molecule has 4 rings (SSSR count). The predicted octanol–water partition coefficient (Wildman–Crippen LogP) is 4.34. The Balaban J connectivity index is 1.73. The third-order valence-corrected chi connectivity index (χ3v) is 6.45. The molecule has 0 bridgehead atoms. The van der Waals surface area contributed by atoms with Crippen LogP contribution in [-0.2, 0) is 18.9 Å². The van der Waals surface area contributed by atoms with E-state index in [0.29, 0.717) is 15.7 Å².